The Balaban J connectivity index is 1.37. The minimum Gasteiger partial charge on any atom is -0.494 e. The van der Waals surface area contributed by atoms with E-state index in [0.29, 0.717) is 28.4 Å². The summed E-state index contributed by atoms with van der Waals surface area (Å²) in [7, 11) is 1.57. The number of ether oxygens (including phenoxy) is 1. The summed E-state index contributed by atoms with van der Waals surface area (Å²) in [5, 5.41) is 3.65. The number of rotatable bonds is 6. The van der Waals surface area contributed by atoms with E-state index in [1.54, 1.807) is 36.3 Å². The first-order chi connectivity index (χ1) is 18.8. The zero-order chi connectivity index (χ0) is 27.1. The van der Waals surface area contributed by atoms with E-state index in [9.17, 15) is 13.2 Å². The van der Waals surface area contributed by atoms with E-state index in [-0.39, 0.29) is 37.7 Å². The summed E-state index contributed by atoms with van der Waals surface area (Å²) >= 11 is 5.98. The fraction of sp³-hybridized carbons (Fsp3) is 0.321. The number of methoxy groups -OCH3 is 1. The molecule has 2 aromatic carbocycles. The van der Waals surface area contributed by atoms with Crippen molar-refractivity contribution in [2.45, 2.75) is 37.5 Å². The van der Waals surface area contributed by atoms with E-state index < -0.39 is 5.92 Å². The standard InChI is InChI=1S/C28H26ClF3N6O/c1-39-23-14-19(6-9-22(23)38-15-24(29)33-16-38)34-27-35-25-20(17-2-4-18(30)5-3-17)7-8-21(25)26(36-27)37-12-10-28(31,32)11-13-37/h2-6,9,14-16,20H,7-8,10-13H2,1H3,(H,34,35,36). The average Bonchev–Trinajstić information content (AvgIpc) is 3.55. The molecule has 11 heteroatoms. The van der Waals surface area contributed by atoms with E-state index >= 15 is 0 Å². The highest BCUT2D eigenvalue weighted by Gasteiger charge is 2.37. The Morgan fingerprint density at radius 3 is 2.54 bits per heavy atom. The van der Waals surface area contributed by atoms with Crippen molar-refractivity contribution in [3.8, 4) is 11.4 Å². The molecule has 6 rings (SSSR count). The third kappa shape index (κ3) is 5.13. The second kappa shape index (κ2) is 10.1. The molecule has 39 heavy (non-hydrogen) atoms. The maximum Gasteiger partial charge on any atom is 0.251 e. The van der Waals surface area contributed by atoms with Crippen LogP contribution in [0, 0.1) is 5.82 Å². The molecule has 3 heterocycles. The van der Waals surface area contributed by atoms with Crippen LogP contribution in [0.15, 0.2) is 55.0 Å². The van der Waals surface area contributed by atoms with Crippen LogP contribution in [0.5, 0.6) is 5.75 Å². The van der Waals surface area contributed by atoms with Gasteiger partial charge in [0.2, 0.25) is 5.95 Å². The van der Waals surface area contributed by atoms with E-state index in [4.69, 9.17) is 26.3 Å². The highest BCUT2D eigenvalue weighted by molar-refractivity contribution is 6.29. The minimum atomic E-state index is -2.66. The number of benzene rings is 2. The Hall–Kier alpha value is -3.79. The molecule has 1 atom stereocenters. The molecule has 1 saturated heterocycles. The summed E-state index contributed by atoms with van der Waals surface area (Å²) in [6.45, 7) is 0.431. The highest BCUT2D eigenvalue weighted by atomic mass is 35.5. The van der Waals surface area contributed by atoms with Gasteiger partial charge >= 0.3 is 0 Å². The van der Waals surface area contributed by atoms with Crippen molar-refractivity contribution in [3.05, 3.63) is 82.8 Å². The highest BCUT2D eigenvalue weighted by Crippen LogP contribution is 2.43. The molecule has 0 bridgehead atoms. The lowest BCUT2D eigenvalue weighted by atomic mass is 9.96. The summed E-state index contributed by atoms with van der Waals surface area (Å²) in [6, 6.07) is 12.0. The number of anilines is 3. The monoisotopic (exact) mass is 554 g/mol. The first-order valence-electron chi connectivity index (χ1n) is 12.7. The summed E-state index contributed by atoms with van der Waals surface area (Å²) in [5.74, 6) is -1.39. The predicted molar refractivity (Wildman–Crippen MR) is 143 cm³/mol. The number of hydrogen-bond acceptors (Lipinski definition) is 6. The number of imidazole rings is 1. The average molecular weight is 555 g/mol. The smallest absolute Gasteiger partial charge is 0.251 e. The van der Waals surface area contributed by atoms with Crippen molar-refractivity contribution in [3.63, 3.8) is 0 Å². The van der Waals surface area contributed by atoms with Gasteiger partial charge in [0.1, 0.15) is 28.9 Å². The first-order valence-corrected chi connectivity index (χ1v) is 13.1. The largest absolute Gasteiger partial charge is 0.494 e. The number of nitrogens with one attached hydrogen (secondary N) is 1. The van der Waals surface area contributed by atoms with Crippen molar-refractivity contribution in [1.82, 2.24) is 19.5 Å². The van der Waals surface area contributed by atoms with Crippen LogP contribution in [0.4, 0.5) is 30.6 Å². The molecule has 0 amide bonds. The van der Waals surface area contributed by atoms with Gasteiger partial charge in [-0.1, -0.05) is 23.7 Å². The molecule has 7 nitrogen and oxygen atoms in total. The lowest BCUT2D eigenvalue weighted by Gasteiger charge is -2.33. The number of aromatic nitrogens is 4. The molecule has 4 aromatic rings. The van der Waals surface area contributed by atoms with Crippen molar-refractivity contribution < 1.29 is 17.9 Å². The molecule has 0 radical (unpaired) electrons. The first kappa shape index (κ1) is 25.5. The van der Waals surface area contributed by atoms with Gasteiger partial charge in [-0.05, 0) is 42.7 Å². The van der Waals surface area contributed by atoms with Crippen LogP contribution in [-0.2, 0) is 6.42 Å². The second-order valence-electron chi connectivity index (χ2n) is 9.84. The third-order valence-electron chi connectivity index (χ3n) is 7.36. The molecule has 1 unspecified atom stereocenters. The Kier molecular flexibility index (Phi) is 6.58. The molecular formula is C28H26ClF3N6O. The molecule has 202 valence electrons. The van der Waals surface area contributed by atoms with Gasteiger partial charge in [0.05, 0.1) is 18.5 Å². The Morgan fingerprint density at radius 2 is 1.85 bits per heavy atom. The summed E-state index contributed by atoms with van der Waals surface area (Å²) in [5.41, 5.74) is 4.20. The Morgan fingerprint density at radius 1 is 1.08 bits per heavy atom. The molecule has 0 saturated carbocycles. The fourth-order valence-electron chi connectivity index (χ4n) is 5.35. The maximum atomic E-state index is 14.0. The quantitative estimate of drug-likeness (QED) is 0.293. The lowest BCUT2D eigenvalue weighted by Crippen LogP contribution is -2.40. The zero-order valence-corrected chi connectivity index (χ0v) is 21.9. The number of nitrogens with zero attached hydrogens (tertiary/aromatic N) is 5. The summed E-state index contributed by atoms with van der Waals surface area (Å²) < 4.78 is 48.9. The van der Waals surface area contributed by atoms with Crippen LogP contribution in [0.25, 0.3) is 5.69 Å². The van der Waals surface area contributed by atoms with E-state index in [2.05, 4.69) is 10.3 Å². The molecule has 0 spiro atoms. The molecule has 1 fully saturated rings. The van der Waals surface area contributed by atoms with Gasteiger partial charge in [0.15, 0.2) is 0 Å². The van der Waals surface area contributed by atoms with Gasteiger partial charge < -0.3 is 19.5 Å². The van der Waals surface area contributed by atoms with Crippen LogP contribution in [-0.4, -0.2) is 45.6 Å². The Labute approximate surface area is 228 Å². The number of fused-ring (bicyclic) bond motifs is 1. The van der Waals surface area contributed by atoms with Crippen LogP contribution in [0.3, 0.4) is 0 Å². The van der Waals surface area contributed by atoms with Crippen LogP contribution >= 0.6 is 11.6 Å². The van der Waals surface area contributed by atoms with E-state index in [0.717, 1.165) is 35.3 Å². The summed E-state index contributed by atoms with van der Waals surface area (Å²) in [6.07, 6.45) is 4.35. The minimum absolute atomic E-state index is 0.0444. The molecule has 1 N–H and O–H groups in total. The van der Waals surface area contributed by atoms with E-state index in [1.807, 2.05) is 23.1 Å². The van der Waals surface area contributed by atoms with Crippen LogP contribution < -0.4 is 15.0 Å². The molecule has 2 aromatic heterocycles. The van der Waals surface area contributed by atoms with Crippen LogP contribution in [0.1, 0.15) is 42.0 Å². The zero-order valence-electron chi connectivity index (χ0n) is 21.2. The Bertz CT molecular complexity index is 1500. The maximum absolute atomic E-state index is 14.0. The number of alkyl halides is 2. The lowest BCUT2D eigenvalue weighted by molar-refractivity contribution is -0.0221. The summed E-state index contributed by atoms with van der Waals surface area (Å²) in [4.78, 5) is 15.7. The van der Waals surface area contributed by atoms with Gasteiger partial charge in [-0.15, -0.1) is 0 Å². The van der Waals surface area contributed by atoms with Crippen molar-refractivity contribution >= 4 is 29.1 Å². The van der Waals surface area contributed by atoms with E-state index in [1.165, 1.54) is 12.1 Å². The molecule has 2 aliphatic rings. The van der Waals surface area contributed by atoms with Gasteiger partial charge in [-0.2, -0.15) is 4.98 Å². The fourth-order valence-corrected chi connectivity index (χ4v) is 5.50. The normalized spacial score (nSPS) is 18.2. The van der Waals surface area contributed by atoms with Gasteiger partial charge in [0, 0.05) is 55.4 Å². The number of hydrogen-bond donors (Lipinski definition) is 1. The van der Waals surface area contributed by atoms with Crippen molar-refractivity contribution in [2.24, 2.45) is 0 Å². The van der Waals surface area contributed by atoms with Crippen molar-refractivity contribution in [1.29, 1.82) is 0 Å². The molecule has 1 aliphatic carbocycles. The molecular weight excluding hydrogens is 529 g/mol. The second-order valence-corrected chi connectivity index (χ2v) is 10.2. The van der Waals surface area contributed by atoms with Gasteiger partial charge in [0.25, 0.3) is 5.92 Å². The number of piperidine rings is 1. The molecule has 1 aliphatic heterocycles. The van der Waals surface area contributed by atoms with Crippen molar-refractivity contribution in [2.75, 3.05) is 30.4 Å². The van der Waals surface area contributed by atoms with Gasteiger partial charge in [-0.25, -0.2) is 23.1 Å². The topological polar surface area (TPSA) is 68.1 Å². The van der Waals surface area contributed by atoms with Crippen LogP contribution in [0.2, 0.25) is 5.15 Å². The number of halogens is 4. The predicted octanol–water partition coefficient (Wildman–Crippen LogP) is 6.52. The third-order valence-corrected chi connectivity index (χ3v) is 7.56. The SMILES string of the molecule is COc1cc(Nc2nc3c(c(N4CCC(F)(F)CC4)n2)CCC3c2ccc(F)cc2)ccc1-n1cnc(Cl)c1. The van der Waals surface area contributed by atoms with Gasteiger partial charge in [-0.3, -0.25) is 0 Å².